The predicted molar refractivity (Wildman–Crippen MR) is 95.3 cm³/mol. The van der Waals surface area contributed by atoms with Crippen LogP contribution in [0.15, 0.2) is 56.3 Å². The van der Waals surface area contributed by atoms with Gasteiger partial charge in [-0.25, -0.2) is 4.98 Å². The van der Waals surface area contributed by atoms with Crippen LogP contribution >= 0.6 is 23.1 Å². The van der Waals surface area contributed by atoms with Crippen molar-refractivity contribution in [2.24, 2.45) is 0 Å². The zero-order valence-corrected chi connectivity index (χ0v) is 14.6. The molecule has 0 bridgehead atoms. The van der Waals surface area contributed by atoms with Gasteiger partial charge in [-0.15, -0.1) is 21.5 Å². The van der Waals surface area contributed by atoms with Gasteiger partial charge in [-0.05, 0) is 12.1 Å². The van der Waals surface area contributed by atoms with Crippen LogP contribution in [0.2, 0.25) is 0 Å². The Balaban J connectivity index is 1.49. The first-order valence-corrected chi connectivity index (χ1v) is 9.13. The number of hydrogen-bond donors (Lipinski definition) is 0. The minimum atomic E-state index is -0.473. The summed E-state index contributed by atoms with van der Waals surface area (Å²) < 4.78 is 7.04. The van der Waals surface area contributed by atoms with E-state index in [1.807, 2.05) is 0 Å². The fourth-order valence-electron chi connectivity index (χ4n) is 2.21. The third-order valence-corrected chi connectivity index (χ3v) is 5.04. The topological polar surface area (TPSA) is 116 Å². The van der Waals surface area contributed by atoms with Crippen LogP contribution in [0.25, 0.3) is 16.4 Å². The van der Waals surface area contributed by atoms with E-state index in [0.717, 1.165) is 0 Å². The van der Waals surface area contributed by atoms with Crippen LogP contribution in [0.3, 0.4) is 0 Å². The quantitative estimate of drug-likeness (QED) is 0.291. The molecule has 0 aliphatic carbocycles. The minimum absolute atomic E-state index is 0.0100. The molecule has 1 aromatic carbocycles. The second-order valence-electron chi connectivity index (χ2n) is 5.11. The molecule has 0 saturated carbocycles. The molecule has 0 aliphatic rings. The molecule has 0 amide bonds. The molecule has 26 heavy (non-hydrogen) atoms. The summed E-state index contributed by atoms with van der Waals surface area (Å²) in [6, 6.07) is 7.32. The van der Waals surface area contributed by atoms with E-state index in [4.69, 9.17) is 4.42 Å². The summed E-state index contributed by atoms with van der Waals surface area (Å²) >= 11 is 2.65. The summed E-state index contributed by atoms with van der Waals surface area (Å²) in [7, 11) is 0. The van der Waals surface area contributed by atoms with Crippen molar-refractivity contribution < 1.29 is 9.34 Å². The Bertz CT molecular complexity index is 1150. The van der Waals surface area contributed by atoms with Crippen molar-refractivity contribution in [2.45, 2.75) is 11.0 Å². The number of rotatable bonds is 5. The summed E-state index contributed by atoms with van der Waals surface area (Å²) in [5.41, 5.74) is 1.07. The molecule has 0 unspecified atom stereocenters. The van der Waals surface area contributed by atoms with E-state index < -0.39 is 4.92 Å². The normalized spacial score (nSPS) is 11.1. The molecule has 0 radical (unpaired) electrons. The number of nitro benzene ring substituents is 1. The average molecular weight is 387 g/mol. The first kappa shape index (κ1) is 16.4. The molecule has 0 N–H and O–H groups in total. The lowest BCUT2D eigenvalue weighted by Crippen LogP contribution is -2.12. The number of aromatic nitrogens is 4. The fraction of sp³-hybridized carbons (Fsp3) is 0.0667. The largest absolute Gasteiger partial charge is 0.411 e. The Kier molecular flexibility index (Phi) is 4.22. The van der Waals surface area contributed by atoms with Gasteiger partial charge in [0, 0.05) is 41.1 Å². The van der Waals surface area contributed by atoms with Gasteiger partial charge in [0.25, 0.3) is 16.5 Å². The van der Waals surface area contributed by atoms with E-state index in [-0.39, 0.29) is 17.1 Å². The molecule has 9 nitrogen and oxygen atoms in total. The minimum Gasteiger partial charge on any atom is -0.411 e. The molecule has 0 spiro atoms. The van der Waals surface area contributed by atoms with E-state index >= 15 is 0 Å². The molecule has 4 rings (SSSR count). The van der Waals surface area contributed by atoms with Crippen LogP contribution in [0.1, 0.15) is 5.69 Å². The van der Waals surface area contributed by atoms with Crippen molar-refractivity contribution >= 4 is 33.7 Å². The van der Waals surface area contributed by atoms with E-state index in [1.165, 1.54) is 45.7 Å². The fourth-order valence-corrected chi connectivity index (χ4v) is 3.60. The van der Waals surface area contributed by atoms with Crippen molar-refractivity contribution in [3.63, 3.8) is 0 Å². The summed E-state index contributed by atoms with van der Waals surface area (Å²) in [4.78, 5) is 27.2. The zero-order valence-electron chi connectivity index (χ0n) is 12.9. The third-order valence-electron chi connectivity index (χ3n) is 3.43. The lowest BCUT2D eigenvalue weighted by atomic mass is 10.2. The molecule has 0 fully saturated rings. The average Bonchev–Trinajstić information content (AvgIpc) is 3.29. The molecule has 11 heteroatoms. The van der Waals surface area contributed by atoms with Crippen LogP contribution in [0.5, 0.6) is 0 Å². The molecule has 4 aromatic rings. The lowest BCUT2D eigenvalue weighted by Gasteiger charge is -1.98. The van der Waals surface area contributed by atoms with Crippen molar-refractivity contribution in [3.05, 3.63) is 68.1 Å². The molecule has 0 aliphatic heterocycles. The van der Waals surface area contributed by atoms with Gasteiger partial charge in [-0.3, -0.25) is 19.3 Å². The Labute approximate surface area is 153 Å². The summed E-state index contributed by atoms with van der Waals surface area (Å²) in [6.45, 7) is 0. The smallest absolute Gasteiger partial charge is 0.277 e. The van der Waals surface area contributed by atoms with Crippen LogP contribution < -0.4 is 5.56 Å². The van der Waals surface area contributed by atoms with Crippen LogP contribution in [0.4, 0.5) is 5.69 Å². The predicted octanol–water partition coefficient (Wildman–Crippen LogP) is 3.01. The van der Waals surface area contributed by atoms with E-state index in [0.29, 0.717) is 27.2 Å². The van der Waals surface area contributed by atoms with Gasteiger partial charge >= 0.3 is 0 Å². The highest BCUT2D eigenvalue weighted by Crippen LogP contribution is 2.26. The van der Waals surface area contributed by atoms with E-state index in [9.17, 15) is 14.9 Å². The Morgan fingerprint density at radius 2 is 2.08 bits per heavy atom. The van der Waals surface area contributed by atoms with E-state index in [1.54, 1.807) is 23.7 Å². The number of hydrogen-bond acceptors (Lipinski definition) is 9. The van der Waals surface area contributed by atoms with Crippen LogP contribution in [-0.4, -0.2) is 24.5 Å². The molecule has 0 atom stereocenters. The number of thiazole rings is 1. The van der Waals surface area contributed by atoms with Gasteiger partial charge in [0.1, 0.15) is 0 Å². The molecule has 3 aromatic heterocycles. The summed E-state index contributed by atoms with van der Waals surface area (Å²) in [6.07, 6.45) is 1.68. The molecule has 130 valence electrons. The highest BCUT2D eigenvalue weighted by atomic mass is 32.2. The summed E-state index contributed by atoms with van der Waals surface area (Å²) in [5, 5.41) is 20.7. The van der Waals surface area contributed by atoms with Gasteiger partial charge in [0.05, 0.1) is 10.6 Å². The number of fused-ring (bicyclic) bond motifs is 1. The maximum absolute atomic E-state index is 12.0. The highest BCUT2D eigenvalue weighted by Gasteiger charge is 2.12. The third kappa shape index (κ3) is 3.21. The number of thioether (sulfide) groups is 1. The molecular formula is C15H9N5O4S2. The van der Waals surface area contributed by atoms with Gasteiger partial charge in [0.2, 0.25) is 5.89 Å². The Morgan fingerprint density at radius 3 is 2.85 bits per heavy atom. The van der Waals surface area contributed by atoms with Crippen molar-refractivity contribution in [1.82, 2.24) is 19.6 Å². The monoisotopic (exact) mass is 387 g/mol. The number of benzene rings is 1. The first-order chi connectivity index (χ1) is 12.6. The molecule has 0 saturated heterocycles. The van der Waals surface area contributed by atoms with Crippen molar-refractivity contribution in [1.29, 1.82) is 0 Å². The standard InChI is InChI=1S/C15H9N5O4S2/c21-12-7-10(16-14-19(12)5-6-25-14)8-26-15-18-17-13(24-15)9-1-3-11(4-2-9)20(22)23/h1-7H,8H2. The van der Waals surface area contributed by atoms with Crippen molar-refractivity contribution in [3.8, 4) is 11.5 Å². The molecule has 3 heterocycles. The second kappa shape index (κ2) is 6.69. The zero-order chi connectivity index (χ0) is 18.1. The highest BCUT2D eigenvalue weighted by molar-refractivity contribution is 7.98. The van der Waals surface area contributed by atoms with Gasteiger partial charge < -0.3 is 4.42 Å². The van der Waals surface area contributed by atoms with Gasteiger partial charge in [-0.2, -0.15) is 0 Å². The molecular weight excluding hydrogens is 378 g/mol. The van der Waals surface area contributed by atoms with Crippen LogP contribution in [-0.2, 0) is 5.75 Å². The number of nitrogens with zero attached hydrogens (tertiary/aromatic N) is 5. The maximum Gasteiger partial charge on any atom is 0.277 e. The van der Waals surface area contributed by atoms with Gasteiger partial charge in [-0.1, -0.05) is 11.8 Å². The Hall–Kier alpha value is -3.05. The second-order valence-corrected chi connectivity index (χ2v) is 6.91. The number of non-ortho nitro benzene ring substituents is 1. The van der Waals surface area contributed by atoms with Crippen LogP contribution in [0, 0.1) is 10.1 Å². The Morgan fingerprint density at radius 1 is 1.27 bits per heavy atom. The lowest BCUT2D eigenvalue weighted by molar-refractivity contribution is -0.384. The summed E-state index contributed by atoms with van der Waals surface area (Å²) in [5.74, 6) is 0.676. The van der Waals surface area contributed by atoms with Crippen molar-refractivity contribution in [2.75, 3.05) is 0 Å². The van der Waals surface area contributed by atoms with Gasteiger partial charge in [0.15, 0.2) is 4.96 Å². The number of nitro groups is 1. The first-order valence-electron chi connectivity index (χ1n) is 7.27. The van der Waals surface area contributed by atoms with E-state index in [2.05, 4.69) is 15.2 Å². The SMILES string of the molecule is O=c1cc(CSc2nnc(-c3ccc([N+](=O)[O-])cc3)o2)nc2sccn12. The maximum atomic E-state index is 12.0.